The van der Waals surface area contributed by atoms with Crippen LogP contribution in [0.3, 0.4) is 0 Å². The molecule has 0 atom stereocenters. The van der Waals surface area contributed by atoms with Crippen molar-refractivity contribution in [3.8, 4) is 0 Å². The third-order valence-corrected chi connectivity index (χ3v) is 3.67. The topological polar surface area (TPSA) is 54.0 Å². The van der Waals surface area contributed by atoms with E-state index in [4.69, 9.17) is 0 Å². The van der Waals surface area contributed by atoms with Gasteiger partial charge in [0, 0.05) is 18.4 Å². The molecule has 1 aromatic heterocycles. The standard InChI is InChI=1S/C19H25N3O/c1-4-15-5-8-17(9-6-15)22-19(23)16-7-10-18(21-13-16)20-12-11-14(2)3/h5-10,13-14H,4,11-12H2,1-3H3,(H,20,21)(H,22,23). The van der Waals surface area contributed by atoms with Crippen LogP contribution in [-0.2, 0) is 6.42 Å². The second kappa shape index (κ2) is 8.32. The monoisotopic (exact) mass is 311 g/mol. The van der Waals surface area contributed by atoms with Crippen LogP contribution in [0.5, 0.6) is 0 Å². The number of nitrogens with zero attached hydrogens (tertiary/aromatic N) is 1. The number of carbonyl (C=O) groups excluding carboxylic acids is 1. The van der Waals surface area contributed by atoms with E-state index in [0.29, 0.717) is 11.5 Å². The zero-order valence-electron chi connectivity index (χ0n) is 14.1. The summed E-state index contributed by atoms with van der Waals surface area (Å²) in [6, 6.07) is 11.5. The van der Waals surface area contributed by atoms with E-state index in [2.05, 4.69) is 36.4 Å². The first-order chi connectivity index (χ1) is 11.1. The third-order valence-electron chi connectivity index (χ3n) is 3.67. The Balaban J connectivity index is 1.91. The highest BCUT2D eigenvalue weighted by atomic mass is 16.1. The van der Waals surface area contributed by atoms with E-state index in [1.165, 1.54) is 5.56 Å². The number of nitrogens with one attached hydrogen (secondary N) is 2. The molecule has 1 aromatic carbocycles. The van der Waals surface area contributed by atoms with Gasteiger partial charge in [-0.05, 0) is 48.6 Å². The number of pyridine rings is 1. The molecule has 0 bridgehead atoms. The van der Waals surface area contributed by atoms with E-state index in [9.17, 15) is 4.79 Å². The van der Waals surface area contributed by atoms with Gasteiger partial charge in [0.05, 0.1) is 5.56 Å². The Labute approximate surface area is 138 Å². The van der Waals surface area contributed by atoms with Crippen LogP contribution in [0.15, 0.2) is 42.6 Å². The quantitative estimate of drug-likeness (QED) is 0.799. The average Bonchev–Trinajstić information content (AvgIpc) is 2.56. The molecule has 0 radical (unpaired) electrons. The molecule has 2 aromatic rings. The summed E-state index contributed by atoms with van der Waals surface area (Å²) in [4.78, 5) is 16.5. The van der Waals surface area contributed by atoms with Crippen molar-refractivity contribution in [2.45, 2.75) is 33.6 Å². The van der Waals surface area contributed by atoms with Crippen LogP contribution in [0.2, 0.25) is 0 Å². The predicted octanol–water partition coefficient (Wildman–Crippen LogP) is 4.35. The number of anilines is 2. The summed E-state index contributed by atoms with van der Waals surface area (Å²) in [6.45, 7) is 7.38. The van der Waals surface area contributed by atoms with E-state index < -0.39 is 0 Å². The highest BCUT2D eigenvalue weighted by Crippen LogP contribution is 2.12. The van der Waals surface area contributed by atoms with Gasteiger partial charge in [-0.25, -0.2) is 4.98 Å². The molecule has 0 aliphatic carbocycles. The summed E-state index contributed by atoms with van der Waals surface area (Å²) in [5, 5.41) is 6.15. The first kappa shape index (κ1) is 17.0. The normalized spacial score (nSPS) is 10.6. The molecule has 4 heteroatoms. The molecule has 1 heterocycles. The molecule has 0 saturated carbocycles. The van der Waals surface area contributed by atoms with Gasteiger partial charge in [-0.1, -0.05) is 32.9 Å². The van der Waals surface area contributed by atoms with Gasteiger partial charge >= 0.3 is 0 Å². The minimum atomic E-state index is -0.143. The maximum atomic E-state index is 12.2. The predicted molar refractivity (Wildman–Crippen MR) is 96.0 cm³/mol. The number of aryl methyl sites for hydroxylation is 1. The highest BCUT2D eigenvalue weighted by molar-refractivity contribution is 6.04. The molecule has 2 N–H and O–H groups in total. The SMILES string of the molecule is CCc1ccc(NC(=O)c2ccc(NCCC(C)C)nc2)cc1. The summed E-state index contributed by atoms with van der Waals surface area (Å²) in [5.74, 6) is 1.32. The molecule has 0 unspecified atom stereocenters. The van der Waals surface area contributed by atoms with Crippen molar-refractivity contribution in [3.63, 3.8) is 0 Å². The molecule has 0 fully saturated rings. The number of carbonyl (C=O) groups is 1. The molecule has 0 spiro atoms. The molecule has 2 rings (SSSR count). The van der Waals surface area contributed by atoms with Crippen LogP contribution in [0.4, 0.5) is 11.5 Å². The summed E-state index contributed by atoms with van der Waals surface area (Å²) in [5.41, 5.74) is 2.60. The summed E-state index contributed by atoms with van der Waals surface area (Å²) >= 11 is 0. The van der Waals surface area contributed by atoms with Crippen LogP contribution in [0.1, 0.15) is 43.1 Å². The molecule has 0 saturated heterocycles. The number of benzene rings is 1. The van der Waals surface area contributed by atoms with Crippen LogP contribution >= 0.6 is 0 Å². The van der Waals surface area contributed by atoms with Crippen LogP contribution in [0, 0.1) is 5.92 Å². The second-order valence-corrected chi connectivity index (χ2v) is 6.05. The fraction of sp³-hybridized carbons (Fsp3) is 0.368. The number of amides is 1. The zero-order valence-corrected chi connectivity index (χ0v) is 14.1. The van der Waals surface area contributed by atoms with Crippen molar-refractivity contribution in [3.05, 3.63) is 53.7 Å². The van der Waals surface area contributed by atoms with Crippen LogP contribution < -0.4 is 10.6 Å². The van der Waals surface area contributed by atoms with Gasteiger partial charge in [-0.15, -0.1) is 0 Å². The molecule has 0 aliphatic rings. The lowest BCUT2D eigenvalue weighted by Gasteiger charge is -2.09. The Hall–Kier alpha value is -2.36. The van der Waals surface area contributed by atoms with E-state index in [1.807, 2.05) is 30.3 Å². The first-order valence-corrected chi connectivity index (χ1v) is 8.18. The number of aromatic nitrogens is 1. The van der Waals surface area contributed by atoms with Gasteiger partial charge in [0.25, 0.3) is 5.91 Å². The molecule has 23 heavy (non-hydrogen) atoms. The smallest absolute Gasteiger partial charge is 0.257 e. The lowest BCUT2D eigenvalue weighted by Crippen LogP contribution is -2.13. The highest BCUT2D eigenvalue weighted by Gasteiger charge is 2.07. The number of hydrogen-bond acceptors (Lipinski definition) is 3. The van der Waals surface area contributed by atoms with Gasteiger partial charge in [0.2, 0.25) is 0 Å². The molecule has 122 valence electrons. The van der Waals surface area contributed by atoms with Crippen LogP contribution in [-0.4, -0.2) is 17.4 Å². The Morgan fingerprint density at radius 1 is 1.13 bits per heavy atom. The third kappa shape index (κ3) is 5.40. The molecule has 4 nitrogen and oxygen atoms in total. The average molecular weight is 311 g/mol. The molecular weight excluding hydrogens is 286 g/mol. The van der Waals surface area contributed by atoms with Gasteiger partial charge in [-0.2, -0.15) is 0 Å². The largest absolute Gasteiger partial charge is 0.370 e. The van der Waals surface area contributed by atoms with Gasteiger partial charge in [0.1, 0.15) is 5.82 Å². The van der Waals surface area contributed by atoms with E-state index in [1.54, 1.807) is 12.3 Å². The Bertz CT molecular complexity index is 618. The lowest BCUT2D eigenvalue weighted by atomic mass is 10.1. The molecule has 1 amide bonds. The van der Waals surface area contributed by atoms with E-state index >= 15 is 0 Å². The van der Waals surface area contributed by atoms with Gasteiger partial charge in [-0.3, -0.25) is 4.79 Å². The Morgan fingerprint density at radius 2 is 1.87 bits per heavy atom. The number of rotatable bonds is 7. The minimum absolute atomic E-state index is 0.143. The maximum Gasteiger partial charge on any atom is 0.257 e. The van der Waals surface area contributed by atoms with Crippen molar-refractivity contribution in [2.24, 2.45) is 5.92 Å². The zero-order chi connectivity index (χ0) is 16.7. The fourth-order valence-corrected chi connectivity index (χ4v) is 2.15. The van der Waals surface area contributed by atoms with E-state index in [0.717, 1.165) is 30.9 Å². The summed E-state index contributed by atoms with van der Waals surface area (Å²) < 4.78 is 0. The summed E-state index contributed by atoms with van der Waals surface area (Å²) in [7, 11) is 0. The van der Waals surface area contributed by atoms with Crippen LogP contribution in [0.25, 0.3) is 0 Å². The van der Waals surface area contributed by atoms with Crippen molar-refractivity contribution in [2.75, 3.05) is 17.2 Å². The lowest BCUT2D eigenvalue weighted by molar-refractivity contribution is 0.102. The second-order valence-electron chi connectivity index (χ2n) is 6.05. The van der Waals surface area contributed by atoms with Crippen molar-refractivity contribution in [1.82, 2.24) is 4.98 Å². The van der Waals surface area contributed by atoms with Crippen molar-refractivity contribution >= 4 is 17.4 Å². The molecular formula is C19H25N3O. The molecule has 0 aliphatic heterocycles. The Morgan fingerprint density at radius 3 is 2.43 bits per heavy atom. The number of hydrogen-bond donors (Lipinski definition) is 2. The Kier molecular flexibility index (Phi) is 6.15. The van der Waals surface area contributed by atoms with E-state index in [-0.39, 0.29) is 5.91 Å². The minimum Gasteiger partial charge on any atom is -0.370 e. The van der Waals surface area contributed by atoms with Gasteiger partial charge < -0.3 is 10.6 Å². The van der Waals surface area contributed by atoms with Gasteiger partial charge in [0.15, 0.2) is 0 Å². The first-order valence-electron chi connectivity index (χ1n) is 8.18. The van der Waals surface area contributed by atoms with Crippen molar-refractivity contribution < 1.29 is 4.79 Å². The van der Waals surface area contributed by atoms with Crippen molar-refractivity contribution in [1.29, 1.82) is 0 Å². The fourth-order valence-electron chi connectivity index (χ4n) is 2.15. The maximum absolute atomic E-state index is 12.2. The summed E-state index contributed by atoms with van der Waals surface area (Å²) in [6.07, 6.45) is 3.69.